The number of anilines is 1. The van der Waals surface area contributed by atoms with E-state index in [0.717, 1.165) is 30.5 Å². The number of rotatable bonds is 5. The van der Waals surface area contributed by atoms with Gasteiger partial charge in [-0.1, -0.05) is 25.0 Å². The third-order valence-electron chi connectivity index (χ3n) is 4.03. The Morgan fingerprint density at radius 3 is 2.43 bits per heavy atom. The summed E-state index contributed by atoms with van der Waals surface area (Å²) in [6.07, 6.45) is 5.06. The Balaban J connectivity index is 1.85. The summed E-state index contributed by atoms with van der Waals surface area (Å²) in [6.45, 7) is 0. The van der Waals surface area contributed by atoms with E-state index in [1.54, 1.807) is 24.3 Å². The topological polar surface area (TPSA) is 98.2 Å². The van der Waals surface area contributed by atoms with E-state index in [4.69, 9.17) is 11.5 Å². The van der Waals surface area contributed by atoms with Gasteiger partial charge in [0.25, 0.3) is 0 Å². The molecule has 5 nitrogen and oxygen atoms in total. The molecule has 0 spiro atoms. The maximum Gasteiger partial charge on any atom is 0.224 e. The van der Waals surface area contributed by atoms with E-state index in [0.29, 0.717) is 6.42 Å². The highest BCUT2D eigenvalue weighted by molar-refractivity contribution is 5.91. The predicted molar refractivity (Wildman–Crippen MR) is 82.5 cm³/mol. The average Bonchev–Trinajstić information content (AvgIpc) is 2.43. The van der Waals surface area contributed by atoms with Crippen molar-refractivity contribution >= 4 is 17.5 Å². The second-order valence-corrected chi connectivity index (χ2v) is 5.80. The maximum atomic E-state index is 12.0. The Kier molecular flexibility index (Phi) is 5.33. The van der Waals surface area contributed by atoms with E-state index in [1.165, 1.54) is 6.42 Å². The first-order chi connectivity index (χ1) is 10.0. The smallest absolute Gasteiger partial charge is 0.224 e. The monoisotopic (exact) mass is 289 g/mol. The predicted octanol–water partition coefficient (Wildman–Crippen LogP) is 1.56. The quantitative estimate of drug-likeness (QED) is 0.767. The largest absolute Gasteiger partial charge is 0.369 e. The van der Waals surface area contributed by atoms with Crippen molar-refractivity contribution in [3.8, 4) is 0 Å². The second kappa shape index (κ2) is 7.22. The van der Waals surface area contributed by atoms with E-state index in [9.17, 15) is 9.59 Å². The van der Waals surface area contributed by atoms with Crippen LogP contribution < -0.4 is 16.8 Å². The van der Waals surface area contributed by atoms with Crippen LogP contribution in [0.1, 0.15) is 37.7 Å². The van der Waals surface area contributed by atoms with E-state index in [-0.39, 0.29) is 30.2 Å². The SMILES string of the molecule is NC(=O)Cc1ccc(NC(=O)CC2CCCCC2N)cc1. The van der Waals surface area contributed by atoms with Gasteiger partial charge in [-0.05, 0) is 36.5 Å². The lowest BCUT2D eigenvalue weighted by atomic mass is 9.83. The number of hydrogen-bond donors (Lipinski definition) is 3. The lowest BCUT2D eigenvalue weighted by molar-refractivity contribution is -0.118. The molecule has 0 aliphatic heterocycles. The van der Waals surface area contributed by atoms with Crippen LogP contribution >= 0.6 is 0 Å². The number of nitrogens with two attached hydrogens (primary N) is 2. The van der Waals surface area contributed by atoms with Crippen molar-refractivity contribution in [2.24, 2.45) is 17.4 Å². The van der Waals surface area contributed by atoms with Crippen molar-refractivity contribution in [3.63, 3.8) is 0 Å². The summed E-state index contributed by atoms with van der Waals surface area (Å²) < 4.78 is 0. The molecule has 1 aromatic carbocycles. The van der Waals surface area contributed by atoms with Gasteiger partial charge < -0.3 is 16.8 Å². The van der Waals surface area contributed by atoms with Gasteiger partial charge in [0.15, 0.2) is 0 Å². The van der Waals surface area contributed by atoms with E-state index in [1.807, 2.05) is 0 Å². The first-order valence-corrected chi connectivity index (χ1v) is 7.47. The summed E-state index contributed by atoms with van der Waals surface area (Å²) in [5, 5.41) is 2.88. The molecule has 1 aliphatic carbocycles. The average molecular weight is 289 g/mol. The van der Waals surface area contributed by atoms with Crippen molar-refractivity contribution in [3.05, 3.63) is 29.8 Å². The number of carbonyl (C=O) groups is 2. The zero-order valence-corrected chi connectivity index (χ0v) is 12.2. The van der Waals surface area contributed by atoms with Crippen molar-refractivity contribution < 1.29 is 9.59 Å². The first kappa shape index (κ1) is 15.5. The number of nitrogens with one attached hydrogen (secondary N) is 1. The van der Waals surface area contributed by atoms with Gasteiger partial charge in [0.05, 0.1) is 6.42 Å². The first-order valence-electron chi connectivity index (χ1n) is 7.47. The fraction of sp³-hybridized carbons (Fsp3) is 0.500. The number of hydrogen-bond acceptors (Lipinski definition) is 3. The van der Waals surface area contributed by atoms with E-state index < -0.39 is 0 Å². The van der Waals surface area contributed by atoms with Gasteiger partial charge in [-0.15, -0.1) is 0 Å². The molecule has 21 heavy (non-hydrogen) atoms. The molecule has 1 fully saturated rings. The third kappa shape index (κ3) is 4.86. The molecule has 1 aromatic rings. The fourth-order valence-electron chi connectivity index (χ4n) is 2.85. The van der Waals surface area contributed by atoms with Crippen LogP contribution in [-0.4, -0.2) is 17.9 Å². The minimum atomic E-state index is -0.363. The van der Waals surface area contributed by atoms with Crippen LogP contribution in [0.15, 0.2) is 24.3 Å². The number of amides is 2. The Morgan fingerprint density at radius 1 is 1.14 bits per heavy atom. The van der Waals surface area contributed by atoms with Gasteiger partial charge >= 0.3 is 0 Å². The minimum absolute atomic E-state index is 0.00000115. The Morgan fingerprint density at radius 2 is 1.81 bits per heavy atom. The molecule has 0 bridgehead atoms. The lowest BCUT2D eigenvalue weighted by Crippen LogP contribution is -2.35. The Labute approximate surface area is 125 Å². The molecule has 0 aromatic heterocycles. The van der Waals surface area contributed by atoms with Gasteiger partial charge in [-0.3, -0.25) is 9.59 Å². The summed E-state index contributed by atoms with van der Waals surface area (Å²) in [5.41, 5.74) is 12.8. The van der Waals surface area contributed by atoms with Gasteiger partial charge in [0.1, 0.15) is 0 Å². The lowest BCUT2D eigenvalue weighted by Gasteiger charge is -2.27. The molecule has 5 heteroatoms. The van der Waals surface area contributed by atoms with E-state index >= 15 is 0 Å². The zero-order valence-electron chi connectivity index (χ0n) is 12.2. The molecule has 0 radical (unpaired) electrons. The molecule has 2 atom stereocenters. The highest BCUT2D eigenvalue weighted by Gasteiger charge is 2.24. The van der Waals surface area contributed by atoms with Crippen molar-refractivity contribution in [2.75, 3.05) is 5.32 Å². The molecule has 2 amide bonds. The van der Waals surface area contributed by atoms with Crippen LogP contribution in [0.5, 0.6) is 0 Å². The van der Waals surface area contributed by atoms with Crippen molar-refractivity contribution in [1.82, 2.24) is 0 Å². The van der Waals surface area contributed by atoms with Crippen LogP contribution in [-0.2, 0) is 16.0 Å². The molecule has 114 valence electrons. The molecule has 1 aliphatic rings. The summed E-state index contributed by atoms with van der Waals surface area (Å²) in [4.78, 5) is 22.9. The zero-order chi connectivity index (χ0) is 15.2. The van der Waals surface area contributed by atoms with Gasteiger partial charge in [-0.25, -0.2) is 0 Å². The highest BCUT2D eigenvalue weighted by atomic mass is 16.1. The number of primary amides is 1. The fourth-order valence-corrected chi connectivity index (χ4v) is 2.85. The van der Waals surface area contributed by atoms with Crippen molar-refractivity contribution in [1.29, 1.82) is 0 Å². The second-order valence-electron chi connectivity index (χ2n) is 5.80. The third-order valence-corrected chi connectivity index (χ3v) is 4.03. The number of carbonyl (C=O) groups excluding carboxylic acids is 2. The van der Waals surface area contributed by atoms with Crippen LogP contribution in [0.25, 0.3) is 0 Å². The summed E-state index contributed by atoms with van der Waals surface area (Å²) in [6, 6.07) is 7.32. The summed E-state index contributed by atoms with van der Waals surface area (Å²) in [7, 11) is 0. The minimum Gasteiger partial charge on any atom is -0.369 e. The molecule has 0 heterocycles. The molecular formula is C16H23N3O2. The Hall–Kier alpha value is -1.88. The molecule has 2 rings (SSSR count). The Bertz CT molecular complexity index is 499. The van der Waals surface area contributed by atoms with Crippen LogP contribution in [0.2, 0.25) is 0 Å². The van der Waals surface area contributed by atoms with Gasteiger partial charge in [0, 0.05) is 18.2 Å². The summed E-state index contributed by atoms with van der Waals surface area (Å²) in [5.74, 6) is -0.0778. The van der Waals surface area contributed by atoms with Crippen LogP contribution in [0, 0.1) is 5.92 Å². The number of benzene rings is 1. The van der Waals surface area contributed by atoms with Crippen LogP contribution in [0.4, 0.5) is 5.69 Å². The standard InChI is InChI=1S/C16H23N3O2/c17-14-4-2-1-3-12(14)10-16(21)19-13-7-5-11(6-8-13)9-15(18)20/h5-8,12,14H,1-4,9-10,17H2,(H2,18,20)(H,19,21). The van der Waals surface area contributed by atoms with Gasteiger partial charge in [-0.2, -0.15) is 0 Å². The van der Waals surface area contributed by atoms with Crippen molar-refractivity contribution in [2.45, 2.75) is 44.6 Å². The van der Waals surface area contributed by atoms with Crippen LogP contribution in [0.3, 0.4) is 0 Å². The molecule has 0 saturated heterocycles. The summed E-state index contributed by atoms with van der Waals surface area (Å²) >= 11 is 0. The highest BCUT2D eigenvalue weighted by Crippen LogP contribution is 2.26. The van der Waals surface area contributed by atoms with E-state index in [2.05, 4.69) is 5.32 Å². The van der Waals surface area contributed by atoms with Gasteiger partial charge in [0.2, 0.25) is 11.8 Å². The molecule has 1 saturated carbocycles. The normalized spacial score (nSPS) is 21.8. The molecular weight excluding hydrogens is 266 g/mol. The maximum absolute atomic E-state index is 12.0. The molecule has 2 unspecified atom stereocenters. The molecule has 5 N–H and O–H groups in total.